The first-order chi connectivity index (χ1) is 12.6. The zero-order valence-corrected chi connectivity index (χ0v) is 14.2. The number of amides is 1. The largest absolute Gasteiger partial charge is 0.480 e. The molecule has 1 aliphatic heterocycles. The number of carboxylic acids is 1. The van der Waals surface area contributed by atoms with Crippen molar-refractivity contribution < 1.29 is 19.4 Å². The molecule has 1 amide bonds. The second kappa shape index (κ2) is 6.80. The lowest BCUT2D eigenvalue weighted by Crippen LogP contribution is -2.60. The lowest BCUT2D eigenvalue weighted by atomic mass is 9.98. The third kappa shape index (κ3) is 3.15. The molecule has 0 radical (unpaired) electrons. The molecule has 1 saturated heterocycles. The maximum Gasteiger partial charge on any atom is 0.407 e. The highest BCUT2D eigenvalue weighted by atomic mass is 16.5. The van der Waals surface area contributed by atoms with Crippen molar-refractivity contribution in [3.63, 3.8) is 0 Å². The van der Waals surface area contributed by atoms with Gasteiger partial charge in [0.15, 0.2) is 0 Å². The third-order valence-corrected chi connectivity index (χ3v) is 4.98. The average Bonchev–Trinajstić information content (AvgIpc) is 2.92. The number of nitrogens with one attached hydrogen (secondary N) is 1. The summed E-state index contributed by atoms with van der Waals surface area (Å²) in [4.78, 5) is 24.5. The number of carbonyl (C=O) groups excluding carboxylic acids is 1. The van der Waals surface area contributed by atoms with Gasteiger partial charge >= 0.3 is 12.1 Å². The van der Waals surface area contributed by atoms with Crippen LogP contribution in [0.1, 0.15) is 17.0 Å². The standard InChI is InChI=1S/C20H20N2O4/c23-19(24)11-22-9-13(10-22)21-20(25)26-12-18-16-7-3-1-5-14(16)15-6-2-4-8-17(15)18/h1-8,13,18H,9-12H2,(H,21,25)(H,23,24). The summed E-state index contributed by atoms with van der Waals surface area (Å²) in [7, 11) is 0. The van der Waals surface area contributed by atoms with Gasteiger partial charge < -0.3 is 15.2 Å². The molecule has 2 N–H and O–H groups in total. The molecule has 2 aromatic carbocycles. The fourth-order valence-corrected chi connectivity index (χ4v) is 3.79. The maximum absolute atomic E-state index is 12.1. The van der Waals surface area contributed by atoms with E-state index in [0.29, 0.717) is 13.1 Å². The molecule has 1 aliphatic carbocycles. The van der Waals surface area contributed by atoms with Crippen LogP contribution in [0.4, 0.5) is 4.79 Å². The first kappa shape index (κ1) is 16.6. The molecule has 26 heavy (non-hydrogen) atoms. The van der Waals surface area contributed by atoms with Gasteiger partial charge in [-0.05, 0) is 22.3 Å². The molecule has 2 aromatic rings. The minimum absolute atomic E-state index is 0.00285. The zero-order valence-electron chi connectivity index (χ0n) is 14.2. The van der Waals surface area contributed by atoms with Gasteiger partial charge in [-0.1, -0.05) is 48.5 Å². The van der Waals surface area contributed by atoms with Crippen molar-refractivity contribution >= 4 is 12.1 Å². The highest BCUT2D eigenvalue weighted by molar-refractivity contribution is 5.79. The molecule has 0 aromatic heterocycles. The monoisotopic (exact) mass is 352 g/mol. The quantitative estimate of drug-likeness (QED) is 0.863. The second-order valence-corrected chi connectivity index (χ2v) is 6.75. The van der Waals surface area contributed by atoms with E-state index in [1.807, 2.05) is 24.3 Å². The number of hydrogen-bond donors (Lipinski definition) is 2. The molecule has 0 atom stereocenters. The summed E-state index contributed by atoms with van der Waals surface area (Å²) in [5.74, 6) is -0.817. The predicted octanol–water partition coefficient (Wildman–Crippen LogP) is 2.29. The fraction of sp³-hybridized carbons (Fsp3) is 0.300. The van der Waals surface area contributed by atoms with E-state index in [0.717, 1.165) is 0 Å². The number of carboxylic acid groups (broad SMARTS) is 1. The van der Waals surface area contributed by atoms with Gasteiger partial charge in [0.1, 0.15) is 6.61 Å². The number of rotatable bonds is 5. The van der Waals surface area contributed by atoms with E-state index in [1.165, 1.54) is 22.3 Å². The minimum Gasteiger partial charge on any atom is -0.480 e. The zero-order chi connectivity index (χ0) is 18.1. The van der Waals surface area contributed by atoms with Gasteiger partial charge in [-0.2, -0.15) is 0 Å². The molecule has 6 nitrogen and oxygen atoms in total. The predicted molar refractivity (Wildman–Crippen MR) is 96.1 cm³/mol. The van der Waals surface area contributed by atoms with Crippen LogP contribution in [-0.2, 0) is 9.53 Å². The lowest BCUT2D eigenvalue weighted by molar-refractivity contribution is -0.139. The molecule has 2 aliphatic rings. The van der Waals surface area contributed by atoms with Crippen LogP contribution >= 0.6 is 0 Å². The van der Waals surface area contributed by atoms with Gasteiger partial charge in [-0.25, -0.2) is 4.79 Å². The van der Waals surface area contributed by atoms with E-state index in [1.54, 1.807) is 4.90 Å². The maximum atomic E-state index is 12.1. The van der Waals surface area contributed by atoms with E-state index in [9.17, 15) is 9.59 Å². The van der Waals surface area contributed by atoms with E-state index < -0.39 is 12.1 Å². The Kier molecular flexibility index (Phi) is 4.34. The molecule has 6 heteroatoms. The minimum atomic E-state index is -0.857. The molecule has 0 spiro atoms. The lowest BCUT2D eigenvalue weighted by Gasteiger charge is -2.38. The van der Waals surface area contributed by atoms with E-state index >= 15 is 0 Å². The summed E-state index contributed by atoms with van der Waals surface area (Å²) in [5.41, 5.74) is 4.75. The van der Waals surface area contributed by atoms with Crippen LogP contribution in [0, 0.1) is 0 Å². The topological polar surface area (TPSA) is 78.9 Å². The highest BCUT2D eigenvalue weighted by Crippen LogP contribution is 2.44. The van der Waals surface area contributed by atoms with Gasteiger partial charge in [-0.3, -0.25) is 9.69 Å². The molecule has 0 saturated carbocycles. The number of hydrogen-bond acceptors (Lipinski definition) is 4. The van der Waals surface area contributed by atoms with Crippen molar-refractivity contribution in [3.05, 3.63) is 59.7 Å². The van der Waals surface area contributed by atoms with E-state index in [2.05, 4.69) is 29.6 Å². The number of likely N-dealkylation sites (tertiary alicyclic amines) is 1. The summed E-state index contributed by atoms with van der Waals surface area (Å²) in [6.45, 7) is 1.36. The van der Waals surface area contributed by atoms with Crippen LogP contribution < -0.4 is 5.32 Å². The number of benzene rings is 2. The van der Waals surface area contributed by atoms with Crippen molar-refractivity contribution in [2.24, 2.45) is 0 Å². The molecular weight excluding hydrogens is 332 g/mol. The summed E-state index contributed by atoms with van der Waals surface area (Å²) in [6.07, 6.45) is -0.452. The number of aliphatic carboxylic acids is 1. The van der Waals surface area contributed by atoms with Gasteiger partial charge in [0, 0.05) is 19.0 Å². The number of ether oxygens (including phenoxy) is 1. The molecule has 1 heterocycles. The van der Waals surface area contributed by atoms with Crippen LogP contribution in [0.2, 0.25) is 0 Å². The number of nitrogens with zero attached hydrogens (tertiary/aromatic N) is 1. The molecular formula is C20H20N2O4. The Morgan fingerprint density at radius 2 is 1.62 bits per heavy atom. The van der Waals surface area contributed by atoms with Crippen molar-refractivity contribution in [2.75, 3.05) is 26.2 Å². The van der Waals surface area contributed by atoms with Crippen LogP contribution in [-0.4, -0.2) is 54.4 Å². The SMILES string of the molecule is O=C(O)CN1CC(NC(=O)OCC2c3ccccc3-c3ccccc32)C1. The van der Waals surface area contributed by atoms with Crippen LogP contribution in [0.15, 0.2) is 48.5 Å². The van der Waals surface area contributed by atoms with E-state index in [4.69, 9.17) is 9.84 Å². The summed E-state index contributed by atoms with van der Waals surface area (Å²) in [6, 6.07) is 16.3. The number of fused-ring (bicyclic) bond motifs is 3. The summed E-state index contributed by atoms with van der Waals surface area (Å²) >= 11 is 0. The summed E-state index contributed by atoms with van der Waals surface area (Å²) < 4.78 is 5.48. The smallest absolute Gasteiger partial charge is 0.407 e. The summed E-state index contributed by atoms with van der Waals surface area (Å²) in [5, 5.41) is 11.5. The Balaban J connectivity index is 1.35. The normalized spacial score (nSPS) is 16.5. The Labute approximate surface area is 151 Å². The molecule has 4 rings (SSSR count). The van der Waals surface area contributed by atoms with Gasteiger partial charge in [0.2, 0.25) is 0 Å². The van der Waals surface area contributed by atoms with E-state index in [-0.39, 0.29) is 25.1 Å². The van der Waals surface area contributed by atoms with Crippen LogP contribution in [0.25, 0.3) is 11.1 Å². The first-order valence-electron chi connectivity index (χ1n) is 8.67. The van der Waals surface area contributed by atoms with Crippen molar-refractivity contribution in [2.45, 2.75) is 12.0 Å². The molecule has 1 fully saturated rings. The Hall–Kier alpha value is -2.86. The average molecular weight is 352 g/mol. The fourth-order valence-electron chi connectivity index (χ4n) is 3.79. The molecule has 0 bridgehead atoms. The van der Waals surface area contributed by atoms with Crippen LogP contribution in [0.5, 0.6) is 0 Å². The molecule has 134 valence electrons. The first-order valence-corrected chi connectivity index (χ1v) is 8.67. The Morgan fingerprint density at radius 1 is 1.04 bits per heavy atom. The van der Waals surface area contributed by atoms with Gasteiger partial charge in [-0.15, -0.1) is 0 Å². The van der Waals surface area contributed by atoms with Crippen LogP contribution in [0.3, 0.4) is 0 Å². The highest BCUT2D eigenvalue weighted by Gasteiger charge is 2.31. The Morgan fingerprint density at radius 3 is 2.19 bits per heavy atom. The third-order valence-electron chi connectivity index (χ3n) is 4.98. The number of alkyl carbamates (subject to hydrolysis) is 1. The van der Waals surface area contributed by atoms with Crippen molar-refractivity contribution in [1.82, 2.24) is 10.2 Å². The van der Waals surface area contributed by atoms with Crippen molar-refractivity contribution in [3.8, 4) is 11.1 Å². The van der Waals surface area contributed by atoms with Gasteiger partial charge in [0.05, 0.1) is 12.6 Å². The Bertz CT molecular complexity index is 800. The second-order valence-electron chi connectivity index (χ2n) is 6.75. The van der Waals surface area contributed by atoms with Crippen molar-refractivity contribution in [1.29, 1.82) is 0 Å². The number of carbonyl (C=O) groups is 2. The van der Waals surface area contributed by atoms with Gasteiger partial charge in [0.25, 0.3) is 0 Å². The molecule has 0 unspecified atom stereocenters.